The highest BCUT2D eigenvalue weighted by Crippen LogP contribution is 2.27. The summed E-state index contributed by atoms with van der Waals surface area (Å²) in [5.41, 5.74) is 0.461. The molecule has 1 atom stereocenters. The van der Waals surface area contributed by atoms with Crippen LogP contribution in [-0.2, 0) is 4.74 Å². The van der Waals surface area contributed by atoms with Crippen molar-refractivity contribution in [1.29, 1.82) is 0 Å². The maximum atomic E-state index is 12.7. The molecule has 0 saturated carbocycles. The highest BCUT2D eigenvalue weighted by molar-refractivity contribution is 6.10. The van der Waals surface area contributed by atoms with Crippen molar-refractivity contribution in [3.63, 3.8) is 0 Å². The molecule has 1 aromatic heterocycles. The molecule has 100 valence electrons. The predicted octanol–water partition coefficient (Wildman–Crippen LogP) is 3.48. The van der Waals surface area contributed by atoms with E-state index in [0.29, 0.717) is 5.56 Å². The van der Waals surface area contributed by atoms with Gasteiger partial charge in [-0.2, -0.15) is 0 Å². The molecule has 1 aromatic carbocycles. The van der Waals surface area contributed by atoms with E-state index < -0.39 is 6.10 Å². The Balaban J connectivity index is 2.53. The van der Waals surface area contributed by atoms with Gasteiger partial charge in [0.25, 0.3) is 0 Å². The molecular formula is C16H19NO2. The molecule has 0 fully saturated rings. The molecule has 0 radical (unpaired) electrons. The molecule has 19 heavy (non-hydrogen) atoms. The second-order valence-corrected chi connectivity index (χ2v) is 5.75. The van der Waals surface area contributed by atoms with Crippen LogP contribution in [0.3, 0.4) is 0 Å². The summed E-state index contributed by atoms with van der Waals surface area (Å²) in [6.45, 7) is 6.02. The topological polar surface area (TPSA) is 39.2 Å². The highest BCUT2D eigenvalue weighted by atomic mass is 16.5. The maximum Gasteiger partial charge on any atom is 0.192 e. The van der Waals surface area contributed by atoms with Gasteiger partial charge in [-0.25, -0.2) is 0 Å². The van der Waals surface area contributed by atoms with E-state index in [0.717, 1.165) is 10.8 Å². The normalized spacial score (nSPS) is 13.5. The van der Waals surface area contributed by atoms with Crippen LogP contribution >= 0.6 is 0 Å². The lowest BCUT2D eigenvalue weighted by atomic mass is 9.83. The van der Waals surface area contributed by atoms with Crippen molar-refractivity contribution in [2.24, 2.45) is 5.41 Å². The molecule has 0 N–H and O–H groups in total. The van der Waals surface area contributed by atoms with Gasteiger partial charge in [-0.15, -0.1) is 0 Å². The van der Waals surface area contributed by atoms with Crippen molar-refractivity contribution >= 4 is 16.6 Å². The summed E-state index contributed by atoms with van der Waals surface area (Å²) < 4.78 is 5.41. The van der Waals surface area contributed by atoms with Crippen molar-refractivity contribution in [3.8, 4) is 0 Å². The molecule has 0 saturated heterocycles. The summed E-state index contributed by atoms with van der Waals surface area (Å²) >= 11 is 0. The van der Waals surface area contributed by atoms with Crippen LogP contribution in [0.2, 0.25) is 0 Å². The van der Waals surface area contributed by atoms with Crippen LogP contribution in [0, 0.1) is 5.41 Å². The monoisotopic (exact) mass is 257 g/mol. The third-order valence-electron chi connectivity index (χ3n) is 3.21. The van der Waals surface area contributed by atoms with Crippen LogP contribution in [-0.4, -0.2) is 24.0 Å². The number of ketones is 1. The SMILES string of the molecule is COC(C(=O)c1cccc2cnccc12)C(C)(C)C. The number of ether oxygens (including phenoxy) is 1. The minimum absolute atomic E-state index is 0.0202. The molecule has 0 aliphatic heterocycles. The van der Waals surface area contributed by atoms with Gasteiger partial charge in [0.15, 0.2) is 5.78 Å². The van der Waals surface area contributed by atoms with Crippen molar-refractivity contribution in [2.75, 3.05) is 7.11 Å². The number of rotatable bonds is 3. The van der Waals surface area contributed by atoms with Gasteiger partial charge in [-0.05, 0) is 16.9 Å². The van der Waals surface area contributed by atoms with Crippen LogP contribution in [0.5, 0.6) is 0 Å². The van der Waals surface area contributed by atoms with Gasteiger partial charge < -0.3 is 4.74 Å². The molecule has 0 aliphatic rings. The van der Waals surface area contributed by atoms with Crippen molar-refractivity contribution in [2.45, 2.75) is 26.9 Å². The van der Waals surface area contributed by atoms with Gasteiger partial charge in [0.2, 0.25) is 0 Å². The number of carbonyl (C=O) groups excluding carboxylic acids is 1. The van der Waals surface area contributed by atoms with E-state index >= 15 is 0 Å². The van der Waals surface area contributed by atoms with Gasteiger partial charge in [0.1, 0.15) is 6.10 Å². The Labute approximate surface area is 113 Å². The van der Waals surface area contributed by atoms with E-state index in [1.54, 1.807) is 19.5 Å². The summed E-state index contributed by atoms with van der Waals surface area (Å²) in [6, 6.07) is 7.56. The lowest BCUT2D eigenvalue weighted by Gasteiger charge is -2.28. The minimum atomic E-state index is -0.453. The third kappa shape index (κ3) is 2.66. The number of pyridine rings is 1. The van der Waals surface area contributed by atoms with E-state index in [1.807, 2.05) is 45.0 Å². The van der Waals surface area contributed by atoms with E-state index in [2.05, 4.69) is 4.98 Å². The zero-order valence-corrected chi connectivity index (χ0v) is 11.8. The lowest BCUT2D eigenvalue weighted by molar-refractivity contribution is 0.0197. The second-order valence-electron chi connectivity index (χ2n) is 5.75. The van der Waals surface area contributed by atoms with Crippen LogP contribution in [0.4, 0.5) is 0 Å². The number of hydrogen-bond acceptors (Lipinski definition) is 3. The standard InChI is InChI=1S/C16H19NO2/c1-16(2,3)15(19-4)14(18)13-7-5-6-11-10-17-9-8-12(11)13/h5-10,15H,1-4H3. The van der Waals surface area contributed by atoms with Gasteiger partial charge >= 0.3 is 0 Å². The van der Waals surface area contributed by atoms with Gasteiger partial charge in [0.05, 0.1) is 0 Å². The third-order valence-corrected chi connectivity index (χ3v) is 3.21. The maximum absolute atomic E-state index is 12.7. The second kappa shape index (κ2) is 5.10. The molecule has 0 aliphatic carbocycles. The highest BCUT2D eigenvalue weighted by Gasteiger charge is 2.32. The fourth-order valence-corrected chi connectivity index (χ4v) is 2.33. The molecule has 0 amide bonds. The van der Waals surface area contributed by atoms with Crippen LogP contribution in [0.1, 0.15) is 31.1 Å². The fraction of sp³-hybridized carbons (Fsp3) is 0.375. The molecule has 0 bridgehead atoms. The average Bonchev–Trinajstić information content (AvgIpc) is 2.37. The van der Waals surface area contributed by atoms with Crippen LogP contribution in [0.25, 0.3) is 10.8 Å². The smallest absolute Gasteiger partial charge is 0.192 e. The first-order valence-corrected chi connectivity index (χ1v) is 6.35. The summed E-state index contributed by atoms with van der Waals surface area (Å²) in [5, 5.41) is 1.89. The average molecular weight is 257 g/mol. The molecule has 3 heteroatoms. The number of Topliss-reactive ketones (excluding diaryl/α,β-unsaturated/α-hetero) is 1. The van der Waals surface area contributed by atoms with Crippen molar-refractivity contribution in [3.05, 3.63) is 42.2 Å². The molecular weight excluding hydrogens is 238 g/mol. The first kappa shape index (κ1) is 13.7. The number of benzene rings is 1. The van der Waals surface area contributed by atoms with Gasteiger partial charge in [-0.3, -0.25) is 9.78 Å². The Morgan fingerprint density at radius 3 is 2.63 bits per heavy atom. The molecule has 0 spiro atoms. The Bertz CT molecular complexity index is 594. The number of carbonyl (C=O) groups is 1. The van der Waals surface area contributed by atoms with Crippen molar-refractivity contribution < 1.29 is 9.53 Å². The number of hydrogen-bond donors (Lipinski definition) is 0. The first-order valence-electron chi connectivity index (χ1n) is 6.35. The Hall–Kier alpha value is -1.74. The molecule has 2 rings (SSSR count). The van der Waals surface area contributed by atoms with Crippen molar-refractivity contribution in [1.82, 2.24) is 4.98 Å². The van der Waals surface area contributed by atoms with Crippen LogP contribution < -0.4 is 0 Å². The number of methoxy groups -OCH3 is 1. The fourth-order valence-electron chi connectivity index (χ4n) is 2.33. The largest absolute Gasteiger partial charge is 0.373 e. The Morgan fingerprint density at radius 2 is 2.00 bits per heavy atom. The quantitative estimate of drug-likeness (QED) is 0.790. The zero-order chi connectivity index (χ0) is 14.0. The summed E-state index contributed by atoms with van der Waals surface area (Å²) in [6.07, 6.45) is 3.02. The van der Waals surface area contributed by atoms with Gasteiger partial charge in [0, 0.05) is 30.5 Å². The number of nitrogens with zero attached hydrogens (tertiary/aromatic N) is 1. The van der Waals surface area contributed by atoms with Gasteiger partial charge in [-0.1, -0.05) is 39.0 Å². The minimum Gasteiger partial charge on any atom is -0.373 e. The number of fused-ring (bicyclic) bond motifs is 1. The van der Waals surface area contributed by atoms with E-state index in [-0.39, 0.29) is 11.2 Å². The summed E-state index contributed by atoms with van der Waals surface area (Å²) in [5.74, 6) is 0.0202. The summed E-state index contributed by atoms with van der Waals surface area (Å²) in [7, 11) is 1.58. The molecule has 1 unspecified atom stereocenters. The van der Waals surface area contributed by atoms with E-state index in [4.69, 9.17) is 4.74 Å². The first-order chi connectivity index (χ1) is 8.95. The summed E-state index contributed by atoms with van der Waals surface area (Å²) in [4.78, 5) is 16.8. The molecule has 2 aromatic rings. The molecule has 3 nitrogen and oxygen atoms in total. The zero-order valence-electron chi connectivity index (χ0n) is 11.8. The predicted molar refractivity (Wildman–Crippen MR) is 76.3 cm³/mol. The van der Waals surface area contributed by atoms with E-state index in [1.165, 1.54) is 0 Å². The lowest BCUT2D eigenvalue weighted by Crippen LogP contribution is -2.36. The molecule has 1 heterocycles. The van der Waals surface area contributed by atoms with E-state index in [9.17, 15) is 4.79 Å². The Morgan fingerprint density at radius 1 is 1.26 bits per heavy atom. The van der Waals surface area contributed by atoms with Crippen LogP contribution in [0.15, 0.2) is 36.7 Å². The number of aromatic nitrogens is 1. The Kier molecular flexibility index (Phi) is 3.67.